The van der Waals surface area contributed by atoms with Gasteiger partial charge in [0.25, 0.3) is 5.89 Å². The molecule has 1 aliphatic heterocycles. The molecule has 1 atom stereocenters. The van der Waals surface area contributed by atoms with Gasteiger partial charge in [0, 0.05) is 19.8 Å². The van der Waals surface area contributed by atoms with Crippen molar-refractivity contribution in [1.29, 1.82) is 0 Å². The molecule has 1 aromatic carbocycles. The van der Waals surface area contributed by atoms with Crippen LogP contribution in [0.3, 0.4) is 0 Å². The van der Waals surface area contributed by atoms with E-state index < -0.39 is 27.8 Å². The Morgan fingerprint density at radius 3 is 2.69 bits per heavy atom. The number of halogens is 1. The molecule has 1 N–H and O–H groups in total. The van der Waals surface area contributed by atoms with Crippen molar-refractivity contribution in [3.8, 4) is 11.6 Å². The maximum absolute atomic E-state index is 13.1. The fourth-order valence-electron chi connectivity index (χ4n) is 3.13. The molecule has 1 amide bonds. The molecule has 12 heteroatoms. The minimum Gasteiger partial charge on any atom is -0.401 e. The molecule has 10 nitrogen and oxygen atoms in total. The van der Waals surface area contributed by atoms with Crippen molar-refractivity contribution in [2.24, 2.45) is 7.05 Å². The molecule has 0 aliphatic carbocycles. The summed E-state index contributed by atoms with van der Waals surface area (Å²) in [5.41, 5.74) is 0.446. The summed E-state index contributed by atoms with van der Waals surface area (Å²) in [7, 11) is -2.22. The lowest BCUT2D eigenvalue weighted by Crippen LogP contribution is -2.43. The smallest absolute Gasteiger partial charge is 0.322 e. The Balaban J connectivity index is 1.51. The monoisotopic (exact) mass is 420 g/mol. The van der Waals surface area contributed by atoms with Gasteiger partial charge in [-0.25, -0.2) is 12.8 Å². The molecule has 4 rings (SSSR count). The summed E-state index contributed by atoms with van der Waals surface area (Å²) in [6.45, 7) is 0.181. The first-order valence-corrected chi connectivity index (χ1v) is 10.2. The van der Waals surface area contributed by atoms with Gasteiger partial charge in [0.2, 0.25) is 15.9 Å². The van der Waals surface area contributed by atoms with Crippen molar-refractivity contribution in [2.75, 3.05) is 11.9 Å². The summed E-state index contributed by atoms with van der Waals surface area (Å²) in [6, 6.07) is 5.07. The van der Waals surface area contributed by atoms with Crippen LogP contribution >= 0.6 is 0 Å². The third-order valence-electron chi connectivity index (χ3n) is 4.51. The number of rotatable bonds is 5. The number of anilines is 1. The summed E-state index contributed by atoms with van der Waals surface area (Å²) in [5.74, 6) is -0.993. The van der Waals surface area contributed by atoms with Crippen LogP contribution in [0.2, 0.25) is 0 Å². The number of nitrogens with one attached hydrogen (secondary N) is 1. The molecule has 0 spiro atoms. The summed E-state index contributed by atoms with van der Waals surface area (Å²) >= 11 is 0. The summed E-state index contributed by atoms with van der Waals surface area (Å²) < 4.78 is 46.9. The predicted molar refractivity (Wildman–Crippen MR) is 98.4 cm³/mol. The SMILES string of the molecule is Cn1ccc(-c2nnc(NC(=O)C3CCCN3S(=O)(=O)c3ccc(F)cc3)o2)n1. The molecular weight excluding hydrogens is 403 g/mol. The van der Waals surface area contributed by atoms with Gasteiger partial charge in [-0.3, -0.25) is 14.8 Å². The van der Waals surface area contributed by atoms with E-state index in [-0.39, 0.29) is 23.3 Å². The fraction of sp³-hybridized carbons (Fsp3) is 0.294. The van der Waals surface area contributed by atoms with Crippen molar-refractivity contribution < 1.29 is 22.0 Å². The third-order valence-corrected chi connectivity index (χ3v) is 6.44. The van der Waals surface area contributed by atoms with Crippen molar-refractivity contribution in [2.45, 2.75) is 23.8 Å². The highest BCUT2D eigenvalue weighted by Gasteiger charge is 2.40. The summed E-state index contributed by atoms with van der Waals surface area (Å²) in [6.07, 6.45) is 2.56. The number of hydrogen-bond acceptors (Lipinski definition) is 7. The normalized spacial score (nSPS) is 17.5. The van der Waals surface area contributed by atoms with E-state index in [1.54, 1.807) is 24.0 Å². The maximum atomic E-state index is 13.1. The van der Waals surface area contributed by atoms with Crippen LogP contribution in [0, 0.1) is 5.82 Å². The first kappa shape index (κ1) is 19.2. The van der Waals surface area contributed by atoms with Gasteiger partial charge in [-0.15, -0.1) is 5.10 Å². The Hall–Kier alpha value is -3.12. The van der Waals surface area contributed by atoms with E-state index in [0.717, 1.165) is 16.4 Å². The topological polar surface area (TPSA) is 123 Å². The second-order valence-corrected chi connectivity index (χ2v) is 8.39. The van der Waals surface area contributed by atoms with Gasteiger partial charge in [-0.1, -0.05) is 5.10 Å². The van der Waals surface area contributed by atoms with E-state index in [1.807, 2.05) is 0 Å². The molecule has 1 saturated heterocycles. The number of benzene rings is 1. The lowest BCUT2D eigenvalue weighted by Gasteiger charge is -2.22. The number of carbonyl (C=O) groups is 1. The van der Waals surface area contributed by atoms with Crippen LogP contribution in [0.15, 0.2) is 45.8 Å². The first-order valence-electron chi connectivity index (χ1n) is 8.76. The lowest BCUT2D eigenvalue weighted by atomic mass is 10.2. The van der Waals surface area contributed by atoms with Crippen LogP contribution in [0.1, 0.15) is 12.8 Å². The van der Waals surface area contributed by atoms with E-state index in [0.29, 0.717) is 18.5 Å². The van der Waals surface area contributed by atoms with Gasteiger partial charge in [0.15, 0.2) is 0 Å². The molecule has 29 heavy (non-hydrogen) atoms. The molecular formula is C17H17FN6O4S. The van der Waals surface area contributed by atoms with Gasteiger partial charge in [0.05, 0.1) is 4.90 Å². The van der Waals surface area contributed by atoms with Crippen LogP contribution in [0.4, 0.5) is 10.4 Å². The van der Waals surface area contributed by atoms with Crippen LogP contribution in [-0.2, 0) is 21.9 Å². The average molecular weight is 420 g/mol. The van der Waals surface area contributed by atoms with Crippen molar-refractivity contribution in [1.82, 2.24) is 24.3 Å². The number of sulfonamides is 1. The number of nitrogens with zero attached hydrogens (tertiary/aromatic N) is 5. The number of carbonyl (C=O) groups excluding carboxylic acids is 1. The molecule has 0 saturated carbocycles. The number of hydrogen-bond donors (Lipinski definition) is 1. The van der Waals surface area contributed by atoms with E-state index in [1.165, 1.54) is 12.1 Å². The zero-order valence-corrected chi connectivity index (χ0v) is 16.1. The molecule has 0 bridgehead atoms. The number of amides is 1. The van der Waals surface area contributed by atoms with Gasteiger partial charge in [-0.2, -0.15) is 9.40 Å². The van der Waals surface area contributed by atoms with Crippen molar-refractivity contribution >= 4 is 21.9 Å². The quantitative estimate of drug-likeness (QED) is 0.662. The molecule has 1 fully saturated rings. The fourth-order valence-corrected chi connectivity index (χ4v) is 4.78. The van der Waals surface area contributed by atoms with E-state index in [2.05, 4.69) is 20.6 Å². The molecule has 2 aromatic heterocycles. The highest BCUT2D eigenvalue weighted by Crippen LogP contribution is 2.27. The lowest BCUT2D eigenvalue weighted by molar-refractivity contribution is -0.119. The Kier molecular flexibility index (Phi) is 4.88. The number of aromatic nitrogens is 4. The molecule has 1 unspecified atom stereocenters. The minimum absolute atomic E-state index is 0.0752. The predicted octanol–water partition coefficient (Wildman–Crippen LogP) is 1.40. The second-order valence-electron chi connectivity index (χ2n) is 6.50. The third kappa shape index (κ3) is 3.76. The van der Waals surface area contributed by atoms with E-state index >= 15 is 0 Å². The highest BCUT2D eigenvalue weighted by atomic mass is 32.2. The van der Waals surface area contributed by atoms with E-state index in [9.17, 15) is 17.6 Å². The molecule has 0 radical (unpaired) electrons. The summed E-state index contributed by atoms with van der Waals surface area (Å²) in [4.78, 5) is 12.6. The van der Waals surface area contributed by atoms with Crippen molar-refractivity contribution in [3.63, 3.8) is 0 Å². The standard InChI is InChI=1S/C17H17FN6O4S/c1-23-10-8-13(22-23)16-20-21-17(28-16)19-15(25)14-3-2-9-24(14)29(26,27)12-6-4-11(18)5-7-12/h4-8,10,14H,2-3,9H2,1H3,(H,19,21,25). The largest absolute Gasteiger partial charge is 0.401 e. The second kappa shape index (κ2) is 7.37. The zero-order chi connectivity index (χ0) is 20.6. The summed E-state index contributed by atoms with van der Waals surface area (Å²) in [5, 5.41) is 14.2. The molecule has 152 valence electrons. The van der Waals surface area contributed by atoms with Crippen LogP contribution in [0.5, 0.6) is 0 Å². The Labute approximate surface area is 165 Å². The Morgan fingerprint density at radius 2 is 2.00 bits per heavy atom. The van der Waals surface area contributed by atoms with Gasteiger partial charge in [0.1, 0.15) is 17.6 Å². The Morgan fingerprint density at radius 1 is 1.24 bits per heavy atom. The van der Waals surface area contributed by atoms with Crippen LogP contribution in [0.25, 0.3) is 11.6 Å². The van der Waals surface area contributed by atoms with Gasteiger partial charge in [-0.05, 0) is 43.2 Å². The molecule has 3 heterocycles. The van der Waals surface area contributed by atoms with Crippen molar-refractivity contribution in [3.05, 3.63) is 42.3 Å². The minimum atomic E-state index is -3.95. The van der Waals surface area contributed by atoms with Gasteiger partial charge >= 0.3 is 6.01 Å². The van der Waals surface area contributed by atoms with Crippen LogP contribution in [-0.4, -0.2) is 51.2 Å². The average Bonchev–Trinajstić information content (AvgIpc) is 3.42. The molecule has 3 aromatic rings. The highest BCUT2D eigenvalue weighted by molar-refractivity contribution is 7.89. The Bertz CT molecular complexity index is 1140. The molecule has 1 aliphatic rings. The number of aryl methyl sites for hydroxylation is 1. The maximum Gasteiger partial charge on any atom is 0.322 e. The zero-order valence-electron chi connectivity index (χ0n) is 15.3. The van der Waals surface area contributed by atoms with Gasteiger partial charge < -0.3 is 4.42 Å². The van der Waals surface area contributed by atoms with E-state index in [4.69, 9.17) is 4.42 Å². The first-order chi connectivity index (χ1) is 13.8. The van der Waals surface area contributed by atoms with Crippen LogP contribution < -0.4 is 5.32 Å².